The van der Waals surface area contributed by atoms with Crippen LogP contribution in [0.25, 0.3) is 0 Å². The topological polar surface area (TPSA) is 41.6 Å². The Bertz CT molecular complexity index is 292. The van der Waals surface area contributed by atoms with Gasteiger partial charge in [0, 0.05) is 20.7 Å². The molecule has 1 saturated heterocycles. The minimum atomic E-state index is -0.596. The molecule has 0 radical (unpaired) electrons. The number of ether oxygens (including phenoxy) is 1. The van der Waals surface area contributed by atoms with E-state index in [-0.39, 0.29) is 18.3 Å². The van der Waals surface area contributed by atoms with E-state index in [2.05, 4.69) is 11.9 Å². The van der Waals surface area contributed by atoms with Gasteiger partial charge in [0.1, 0.15) is 5.60 Å². The predicted molar refractivity (Wildman–Crippen MR) is 85.4 cm³/mol. The fourth-order valence-corrected chi connectivity index (χ4v) is 2.60. The van der Waals surface area contributed by atoms with Crippen LogP contribution in [-0.2, 0) is 9.53 Å². The molecule has 20 heavy (non-hydrogen) atoms. The van der Waals surface area contributed by atoms with Crippen molar-refractivity contribution < 1.29 is 9.53 Å². The van der Waals surface area contributed by atoms with Gasteiger partial charge in [-0.2, -0.15) is 0 Å². The molecule has 1 fully saturated rings. The van der Waals surface area contributed by atoms with Crippen molar-refractivity contribution >= 4 is 18.3 Å². The zero-order valence-corrected chi connectivity index (χ0v) is 13.6. The second-order valence-corrected chi connectivity index (χ2v) is 5.31. The van der Waals surface area contributed by atoms with E-state index in [1.807, 2.05) is 18.0 Å². The number of rotatable bonds is 8. The van der Waals surface area contributed by atoms with E-state index in [0.717, 1.165) is 58.2 Å². The summed E-state index contributed by atoms with van der Waals surface area (Å²) in [6.45, 7) is 6.24. The number of hydrogen-bond donors (Lipinski definition) is 1. The molecular formula is C15H29ClN2O2. The average molecular weight is 305 g/mol. The highest BCUT2D eigenvalue weighted by atomic mass is 35.5. The largest absolute Gasteiger partial charge is 0.368 e. The average Bonchev–Trinajstić information content (AvgIpc) is 2.46. The molecule has 0 aliphatic carbocycles. The van der Waals surface area contributed by atoms with Crippen molar-refractivity contribution in [3.63, 3.8) is 0 Å². The van der Waals surface area contributed by atoms with Crippen LogP contribution in [0.4, 0.5) is 0 Å². The summed E-state index contributed by atoms with van der Waals surface area (Å²) in [5.41, 5.74) is -0.596. The van der Waals surface area contributed by atoms with Crippen LogP contribution in [0.3, 0.4) is 0 Å². The van der Waals surface area contributed by atoms with Crippen LogP contribution < -0.4 is 5.32 Å². The molecule has 1 rings (SSSR count). The van der Waals surface area contributed by atoms with Gasteiger partial charge in [0.05, 0.1) is 0 Å². The molecule has 0 aromatic rings. The van der Waals surface area contributed by atoms with Crippen molar-refractivity contribution in [2.75, 3.05) is 33.8 Å². The maximum atomic E-state index is 12.5. The van der Waals surface area contributed by atoms with Crippen molar-refractivity contribution in [1.82, 2.24) is 10.2 Å². The third kappa shape index (κ3) is 5.43. The Balaban J connectivity index is 0.00000361. The Morgan fingerprint density at radius 1 is 1.35 bits per heavy atom. The lowest BCUT2D eigenvalue weighted by molar-refractivity contribution is -0.157. The van der Waals surface area contributed by atoms with Gasteiger partial charge in [-0.05, 0) is 45.2 Å². The summed E-state index contributed by atoms with van der Waals surface area (Å²) < 4.78 is 5.56. The number of nitrogens with zero attached hydrogens (tertiary/aromatic N) is 1. The summed E-state index contributed by atoms with van der Waals surface area (Å²) in [6.07, 6.45) is 7.89. The SMILES string of the molecule is C=CCCCCCN(C)C(=O)C1(OC)CCNCC1.Cl. The monoisotopic (exact) mass is 304 g/mol. The highest BCUT2D eigenvalue weighted by Gasteiger charge is 2.41. The summed E-state index contributed by atoms with van der Waals surface area (Å²) in [5.74, 6) is 0.139. The van der Waals surface area contributed by atoms with Crippen molar-refractivity contribution in [2.24, 2.45) is 0 Å². The minimum absolute atomic E-state index is 0. The maximum absolute atomic E-state index is 12.5. The Kier molecular flexibility index (Phi) is 9.90. The second kappa shape index (κ2) is 10.2. The van der Waals surface area contributed by atoms with Gasteiger partial charge in [0.25, 0.3) is 5.91 Å². The molecule has 1 aliphatic rings. The molecular weight excluding hydrogens is 276 g/mol. The molecule has 118 valence electrons. The quantitative estimate of drug-likeness (QED) is 0.553. The molecule has 0 bridgehead atoms. The van der Waals surface area contributed by atoms with E-state index >= 15 is 0 Å². The Labute approximate surface area is 129 Å². The lowest BCUT2D eigenvalue weighted by Crippen LogP contribution is -2.54. The Hall–Kier alpha value is -0.580. The van der Waals surface area contributed by atoms with Crippen LogP contribution >= 0.6 is 12.4 Å². The number of carbonyl (C=O) groups excluding carboxylic acids is 1. The number of hydrogen-bond acceptors (Lipinski definition) is 3. The van der Waals surface area contributed by atoms with Crippen LogP contribution in [-0.4, -0.2) is 50.2 Å². The van der Waals surface area contributed by atoms with Gasteiger partial charge >= 0.3 is 0 Å². The number of piperidine rings is 1. The smallest absolute Gasteiger partial charge is 0.254 e. The summed E-state index contributed by atoms with van der Waals surface area (Å²) >= 11 is 0. The van der Waals surface area contributed by atoms with Gasteiger partial charge in [0.15, 0.2) is 0 Å². The molecule has 1 N–H and O–H groups in total. The summed E-state index contributed by atoms with van der Waals surface area (Å²) in [5, 5.41) is 3.27. The van der Waals surface area contributed by atoms with Gasteiger partial charge in [-0.3, -0.25) is 4.79 Å². The third-order valence-corrected chi connectivity index (χ3v) is 3.94. The molecule has 0 aromatic heterocycles. The lowest BCUT2D eigenvalue weighted by atomic mass is 9.90. The summed E-state index contributed by atoms with van der Waals surface area (Å²) in [4.78, 5) is 14.4. The number of allylic oxidation sites excluding steroid dienone is 1. The first kappa shape index (κ1) is 19.4. The van der Waals surface area contributed by atoms with Gasteiger partial charge < -0.3 is 15.0 Å². The number of halogens is 1. The summed E-state index contributed by atoms with van der Waals surface area (Å²) in [6, 6.07) is 0. The molecule has 0 aromatic carbocycles. The van der Waals surface area contributed by atoms with E-state index in [4.69, 9.17) is 4.74 Å². The molecule has 4 nitrogen and oxygen atoms in total. The van der Waals surface area contributed by atoms with Crippen LogP contribution in [0.1, 0.15) is 38.5 Å². The first-order valence-corrected chi connectivity index (χ1v) is 7.28. The maximum Gasteiger partial charge on any atom is 0.254 e. The van der Waals surface area contributed by atoms with Crippen molar-refractivity contribution in [1.29, 1.82) is 0 Å². The first-order valence-electron chi connectivity index (χ1n) is 7.28. The second-order valence-electron chi connectivity index (χ2n) is 5.31. The summed E-state index contributed by atoms with van der Waals surface area (Å²) in [7, 11) is 3.54. The molecule has 0 unspecified atom stereocenters. The van der Waals surface area contributed by atoms with Crippen molar-refractivity contribution in [3.05, 3.63) is 12.7 Å². The van der Waals surface area contributed by atoms with Gasteiger partial charge in [-0.1, -0.05) is 12.5 Å². The standard InChI is InChI=1S/C15H28N2O2.ClH/c1-4-5-6-7-8-13-17(2)14(18)15(19-3)9-11-16-12-10-15;/h4,16H,1,5-13H2,2-3H3;1H. The number of unbranched alkanes of at least 4 members (excludes halogenated alkanes) is 3. The van der Waals surface area contributed by atoms with Crippen molar-refractivity contribution in [3.8, 4) is 0 Å². The zero-order chi connectivity index (χ0) is 14.1. The number of amides is 1. The molecule has 1 amide bonds. The Morgan fingerprint density at radius 3 is 2.55 bits per heavy atom. The van der Waals surface area contributed by atoms with Crippen molar-refractivity contribution in [2.45, 2.75) is 44.1 Å². The fraction of sp³-hybridized carbons (Fsp3) is 0.800. The number of likely N-dealkylation sites (N-methyl/N-ethyl adjacent to an activating group) is 1. The molecule has 5 heteroatoms. The van der Waals surface area contributed by atoms with Crippen LogP contribution in [0.2, 0.25) is 0 Å². The highest BCUT2D eigenvalue weighted by Crippen LogP contribution is 2.24. The number of nitrogens with one attached hydrogen (secondary N) is 1. The van der Waals surface area contributed by atoms with E-state index in [0.29, 0.717) is 0 Å². The van der Waals surface area contributed by atoms with Gasteiger partial charge in [-0.15, -0.1) is 19.0 Å². The van der Waals surface area contributed by atoms with Gasteiger partial charge in [0.2, 0.25) is 0 Å². The molecule has 1 aliphatic heterocycles. The van der Waals surface area contributed by atoms with Crippen LogP contribution in [0.15, 0.2) is 12.7 Å². The van der Waals surface area contributed by atoms with E-state index in [1.165, 1.54) is 0 Å². The zero-order valence-electron chi connectivity index (χ0n) is 12.8. The molecule has 0 spiro atoms. The minimum Gasteiger partial charge on any atom is -0.368 e. The lowest BCUT2D eigenvalue weighted by Gasteiger charge is -2.37. The van der Waals surface area contributed by atoms with E-state index < -0.39 is 5.60 Å². The van der Waals surface area contributed by atoms with E-state index in [9.17, 15) is 4.79 Å². The fourth-order valence-electron chi connectivity index (χ4n) is 2.60. The third-order valence-electron chi connectivity index (χ3n) is 3.94. The van der Waals surface area contributed by atoms with E-state index in [1.54, 1.807) is 7.11 Å². The Morgan fingerprint density at radius 2 is 2.00 bits per heavy atom. The number of methoxy groups -OCH3 is 1. The molecule has 0 atom stereocenters. The van der Waals surface area contributed by atoms with Crippen LogP contribution in [0, 0.1) is 0 Å². The normalized spacial score (nSPS) is 17.1. The molecule has 1 heterocycles. The number of carbonyl (C=O) groups is 1. The highest BCUT2D eigenvalue weighted by molar-refractivity contribution is 5.85. The predicted octanol–water partition coefficient (Wildman–Crippen LogP) is 2.38. The van der Waals surface area contributed by atoms with Gasteiger partial charge in [-0.25, -0.2) is 0 Å². The first-order chi connectivity index (χ1) is 9.16. The molecule has 0 saturated carbocycles. The van der Waals surface area contributed by atoms with Crippen LogP contribution in [0.5, 0.6) is 0 Å².